The standard InChI is InChI=1S/C10H14ClN3O2/c1-4-10(2,8(15)16-3)14-7-5-6-12-9(11)13-7/h5-6H,4H2,1-3H3,(H,12,13,14)/t10-/m0/s1. The molecule has 0 bridgehead atoms. The van der Waals surface area contributed by atoms with Gasteiger partial charge in [0.2, 0.25) is 5.28 Å². The van der Waals surface area contributed by atoms with Gasteiger partial charge in [-0.3, -0.25) is 0 Å². The molecule has 0 unspecified atom stereocenters. The van der Waals surface area contributed by atoms with Gasteiger partial charge in [0.05, 0.1) is 7.11 Å². The first-order valence-corrected chi connectivity index (χ1v) is 5.25. The number of aromatic nitrogens is 2. The van der Waals surface area contributed by atoms with Crippen molar-refractivity contribution in [1.29, 1.82) is 0 Å². The molecule has 0 spiro atoms. The molecule has 1 aromatic rings. The Morgan fingerprint density at radius 1 is 1.69 bits per heavy atom. The van der Waals surface area contributed by atoms with E-state index in [-0.39, 0.29) is 11.3 Å². The molecule has 88 valence electrons. The number of carbonyl (C=O) groups is 1. The van der Waals surface area contributed by atoms with Gasteiger partial charge in [0.25, 0.3) is 0 Å². The number of esters is 1. The zero-order valence-electron chi connectivity index (χ0n) is 9.45. The van der Waals surface area contributed by atoms with E-state index in [4.69, 9.17) is 16.3 Å². The quantitative estimate of drug-likeness (QED) is 0.646. The minimum absolute atomic E-state index is 0.133. The highest BCUT2D eigenvalue weighted by atomic mass is 35.5. The van der Waals surface area contributed by atoms with E-state index in [9.17, 15) is 4.79 Å². The van der Waals surface area contributed by atoms with Crippen molar-refractivity contribution in [2.45, 2.75) is 25.8 Å². The molecule has 0 radical (unpaired) electrons. The van der Waals surface area contributed by atoms with Crippen LogP contribution in [0.3, 0.4) is 0 Å². The van der Waals surface area contributed by atoms with Crippen LogP contribution in [0.4, 0.5) is 5.82 Å². The van der Waals surface area contributed by atoms with Gasteiger partial charge in [-0.2, -0.15) is 0 Å². The maximum atomic E-state index is 11.6. The third-order valence-electron chi connectivity index (χ3n) is 2.37. The molecule has 1 rings (SSSR count). The predicted molar refractivity (Wildman–Crippen MR) is 61.4 cm³/mol. The van der Waals surface area contributed by atoms with Gasteiger partial charge in [-0.15, -0.1) is 0 Å². The molecule has 0 fully saturated rings. The Balaban J connectivity index is 2.89. The minimum atomic E-state index is -0.813. The molecule has 6 heteroatoms. The lowest BCUT2D eigenvalue weighted by molar-refractivity contribution is -0.145. The van der Waals surface area contributed by atoms with E-state index >= 15 is 0 Å². The fourth-order valence-corrected chi connectivity index (χ4v) is 1.34. The first-order chi connectivity index (χ1) is 7.51. The lowest BCUT2D eigenvalue weighted by atomic mass is 9.99. The van der Waals surface area contributed by atoms with Crippen molar-refractivity contribution >= 4 is 23.4 Å². The van der Waals surface area contributed by atoms with E-state index in [1.165, 1.54) is 13.3 Å². The Bertz CT molecular complexity index is 386. The van der Waals surface area contributed by atoms with Crippen LogP contribution in [0.2, 0.25) is 5.28 Å². The van der Waals surface area contributed by atoms with E-state index in [2.05, 4.69) is 15.3 Å². The zero-order chi connectivity index (χ0) is 12.2. The predicted octanol–water partition coefficient (Wildman–Crippen LogP) is 1.88. The SMILES string of the molecule is CC[C@](C)(Nc1ccnc(Cl)n1)C(=O)OC. The Kier molecular flexibility index (Phi) is 4.06. The summed E-state index contributed by atoms with van der Waals surface area (Å²) in [6, 6.07) is 1.64. The number of halogens is 1. The first kappa shape index (κ1) is 12.7. The van der Waals surface area contributed by atoms with Crippen LogP contribution in [-0.4, -0.2) is 28.6 Å². The van der Waals surface area contributed by atoms with Crippen molar-refractivity contribution in [3.63, 3.8) is 0 Å². The summed E-state index contributed by atoms with van der Waals surface area (Å²) in [5, 5.41) is 3.12. The smallest absolute Gasteiger partial charge is 0.331 e. The summed E-state index contributed by atoms with van der Waals surface area (Å²) in [6.45, 7) is 3.63. The van der Waals surface area contributed by atoms with E-state index in [0.29, 0.717) is 12.2 Å². The summed E-state index contributed by atoms with van der Waals surface area (Å²) in [7, 11) is 1.35. The number of methoxy groups -OCH3 is 1. The number of hydrogen-bond donors (Lipinski definition) is 1. The Morgan fingerprint density at radius 2 is 2.38 bits per heavy atom. The van der Waals surface area contributed by atoms with Gasteiger partial charge >= 0.3 is 5.97 Å². The van der Waals surface area contributed by atoms with Gasteiger partial charge in [-0.05, 0) is 31.0 Å². The number of ether oxygens (including phenoxy) is 1. The van der Waals surface area contributed by atoms with E-state index < -0.39 is 5.54 Å². The molecule has 5 nitrogen and oxygen atoms in total. The average Bonchev–Trinajstić information content (AvgIpc) is 2.27. The number of nitrogens with zero attached hydrogens (tertiary/aromatic N) is 2. The normalized spacial score (nSPS) is 14.0. The molecule has 0 amide bonds. The van der Waals surface area contributed by atoms with Crippen LogP contribution in [-0.2, 0) is 9.53 Å². The molecular formula is C10H14ClN3O2. The number of carbonyl (C=O) groups excluding carboxylic acids is 1. The maximum absolute atomic E-state index is 11.6. The molecule has 1 atom stereocenters. The fourth-order valence-electron chi connectivity index (χ4n) is 1.20. The van der Waals surface area contributed by atoms with Crippen LogP contribution < -0.4 is 5.32 Å². The Morgan fingerprint density at radius 3 is 2.88 bits per heavy atom. The van der Waals surface area contributed by atoms with Crippen molar-refractivity contribution in [1.82, 2.24) is 9.97 Å². The monoisotopic (exact) mass is 243 g/mol. The second-order valence-corrected chi connectivity index (χ2v) is 3.85. The van der Waals surface area contributed by atoms with Crippen LogP contribution in [0.1, 0.15) is 20.3 Å². The van der Waals surface area contributed by atoms with Crippen LogP contribution >= 0.6 is 11.6 Å². The molecule has 0 aliphatic rings. The lowest BCUT2D eigenvalue weighted by Crippen LogP contribution is -2.43. The van der Waals surface area contributed by atoms with Gasteiger partial charge in [-0.25, -0.2) is 14.8 Å². The van der Waals surface area contributed by atoms with Crippen molar-refractivity contribution in [3.05, 3.63) is 17.5 Å². The third-order valence-corrected chi connectivity index (χ3v) is 2.56. The van der Waals surface area contributed by atoms with Crippen molar-refractivity contribution in [2.75, 3.05) is 12.4 Å². The fraction of sp³-hybridized carbons (Fsp3) is 0.500. The van der Waals surface area contributed by atoms with Crippen LogP contribution in [0.25, 0.3) is 0 Å². The van der Waals surface area contributed by atoms with Crippen LogP contribution in [0.5, 0.6) is 0 Å². The highest BCUT2D eigenvalue weighted by Gasteiger charge is 2.32. The Hall–Kier alpha value is -1.36. The number of nitrogens with one attached hydrogen (secondary N) is 1. The highest BCUT2D eigenvalue weighted by Crippen LogP contribution is 2.18. The summed E-state index contributed by atoms with van der Waals surface area (Å²) in [5.41, 5.74) is -0.813. The van der Waals surface area contributed by atoms with Gasteiger partial charge in [-0.1, -0.05) is 6.92 Å². The summed E-state index contributed by atoms with van der Waals surface area (Å²) in [5.74, 6) is 0.152. The molecule has 16 heavy (non-hydrogen) atoms. The molecule has 1 N–H and O–H groups in total. The van der Waals surface area contributed by atoms with E-state index in [0.717, 1.165) is 0 Å². The largest absolute Gasteiger partial charge is 0.467 e. The lowest BCUT2D eigenvalue weighted by Gasteiger charge is -2.26. The second kappa shape index (κ2) is 5.12. The molecule has 0 saturated carbocycles. The van der Waals surface area contributed by atoms with Crippen molar-refractivity contribution in [3.8, 4) is 0 Å². The van der Waals surface area contributed by atoms with Gasteiger partial charge in [0, 0.05) is 6.20 Å². The third kappa shape index (κ3) is 2.82. The minimum Gasteiger partial charge on any atom is -0.467 e. The van der Waals surface area contributed by atoms with Gasteiger partial charge in [0.1, 0.15) is 11.4 Å². The molecule has 0 saturated heterocycles. The van der Waals surface area contributed by atoms with Crippen LogP contribution in [0.15, 0.2) is 12.3 Å². The molecule has 0 aliphatic carbocycles. The summed E-state index contributed by atoms with van der Waals surface area (Å²) >= 11 is 5.65. The van der Waals surface area contributed by atoms with Gasteiger partial charge < -0.3 is 10.1 Å². The summed E-state index contributed by atoms with van der Waals surface area (Å²) in [4.78, 5) is 19.3. The average molecular weight is 244 g/mol. The van der Waals surface area contributed by atoms with Crippen LogP contribution in [0, 0.1) is 0 Å². The Labute approximate surface area is 99.2 Å². The summed E-state index contributed by atoms with van der Waals surface area (Å²) < 4.78 is 4.73. The molecule has 1 aromatic heterocycles. The van der Waals surface area contributed by atoms with Crippen molar-refractivity contribution in [2.24, 2.45) is 0 Å². The number of anilines is 1. The summed E-state index contributed by atoms with van der Waals surface area (Å²) in [6.07, 6.45) is 2.09. The second-order valence-electron chi connectivity index (χ2n) is 3.51. The topological polar surface area (TPSA) is 64.1 Å². The maximum Gasteiger partial charge on any atom is 0.331 e. The molecule has 1 heterocycles. The molecular weight excluding hydrogens is 230 g/mol. The molecule has 0 aromatic carbocycles. The highest BCUT2D eigenvalue weighted by molar-refractivity contribution is 6.28. The van der Waals surface area contributed by atoms with E-state index in [1.54, 1.807) is 13.0 Å². The first-order valence-electron chi connectivity index (χ1n) is 4.87. The van der Waals surface area contributed by atoms with Gasteiger partial charge in [0.15, 0.2) is 0 Å². The number of hydrogen-bond acceptors (Lipinski definition) is 5. The zero-order valence-corrected chi connectivity index (χ0v) is 10.2. The van der Waals surface area contributed by atoms with Crippen molar-refractivity contribution < 1.29 is 9.53 Å². The molecule has 0 aliphatic heterocycles. The number of rotatable bonds is 4. The van der Waals surface area contributed by atoms with E-state index in [1.807, 2.05) is 6.92 Å².